The molecule has 0 aromatic rings. The molecular formula is C31H48O6. The number of rotatable bonds is 20. The molecule has 0 radical (unpaired) electrons. The molecule has 0 aliphatic heterocycles. The first-order valence-corrected chi connectivity index (χ1v) is 13.8. The summed E-state index contributed by atoms with van der Waals surface area (Å²) in [5.74, 6) is -1.27. The van der Waals surface area contributed by atoms with Crippen molar-refractivity contribution < 1.29 is 28.6 Å². The van der Waals surface area contributed by atoms with Gasteiger partial charge >= 0.3 is 18.1 Å². The highest BCUT2D eigenvalue weighted by molar-refractivity contribution is 5.81. The van der Waals surface area contributed by atoms with Crippen LogP contribution in [-0.4, -0.2) is 24.4 Å². The Morgan fingerprint density at radius 3 is 1.65 bits per heavy atom. The van der Waals surface area contributed by atoms with Crippen LogP contribution < -0.4 is 0 Å². The predicted molar refractivity (Wildman–Crippen MR) is 150 cm³/mol. The van der Waals surface area contributed by atoms with E-state index in [0.29, 0.717) is 12.8 Å². The van der Waals surface area contributed by atoms with Crippen molar-refractivity contribution in [1.29, 1.82) is 0 Å². The standard InChI is InChI=1S/C31H48O6/c1-5-8-9-10-11-12-13-14-15-16-17-18-19-20-21-22-23-26-29(32)37-31(34)36-27(4)35-30(33)28(24-6-2)25-7-3/h8-9,11-12,14-15,17-18,20-21,27-28H,5-7,10,13,16,19,22-26H2,1-4H3/b9-8-,12-11-,15-14-,18-17-,21-20-. The lowest BCUT2D eigenvalue weighted by molar-refractivity contribution is -0.174. The molecule has 0 heterocycles. The molecule has 0 aliphatic carbocycles. The maximum Gasteiger partial charge on any atom is 0.519 e. The van der Waals surface area contributed by atoms with Gasteiger partial charge in [0.25, 0.3) is 0 Å². The molecule has 0 spiro atoms. The van der Waals surface area contributed by atoms with E-state index < -0.39 is 24.4 Å². The molecule has 6 heteroatoms. The van der Waals surface area contributed by atoms with Gasteiger partial charge < -0.3 is 14.2 Å². The highest BCUT2D eigenvalue weighted by Gasteiger charge is 2.23. The Hall–Kier alpha value is -2.89. The first kappa shape index (κ1) is 34.1. The van der Waals surface area contributed by atoms with E-state index in [1.54, 1.807) is 0 Å². The van der Waals surface area contributed by atoms with Crippen LogP contribution in [0.5, 0.6) is 0 Å². The summed E-state index contributed by atoms with van der Waals surface area (Å²) >= 11 is 0. The van der Waals surface area contributed by atoms with Gasteiger partial charge in [-0.2, -0.15) is 0 Å². The fraction of sp³-hybridized carbons (Fsp3) is 0.581. The number of hydrogen-bond donors (Lipinski definition) is 0. The summed E-state index contributed by atoms with van der Waals surface area (Å²) in [5.41, 5.74) is 0. The number of carbonyl (C=O) groups excluding carboxylic acids is 3. The van der Waals surface area contributed by atoms with Gasteiger partial charge in [0.05, 0.1) is 5.92 Å². The summed E-state index contributed by atoms with van der Waals surface area (Å²) in [6.07, 6.45) is 28.4. The number of esters is 2. The number of ether oxygens (including phenoxy) is 3. The van der Waals surface area contributed by atoms with Gasteiger partial charge in [0, 0.05) is 13.3 Å². The molecule has 0 fully saturated rings. The van der Waals surface area contributed by atoms with E-state index in [1.165, 1.54) is 6.92 Å². The predicted octanol–water partition coefficient (Wildman–Crippen LogP) is 8.69. The van der Waals surface area contributed by atoms with Gasteiger partial charge in [0.15, 0.2) is 0 Å². The molecule has 0 saturated carbocycles. The van der Waals surface area contributed by atoms with E-state index in [9.17, 15) is 14.4 Å². The largest absolute Gasteiger partial charge is 0.519 e. The molecular weight excluding hydrogens is 468 g/mol. The van der Waals surface area contributed by atoms with Crippen molar-refractivity contribution in [1.82, 2.24) is 0 Å². The summed E-state index contributed by atoms with van der Waals surface area (Å²) in [6.45, 7) is 7.57. The highest BCUT2D eigenvalue weighted by Crippen LogP contribution is 2.16. The van der Waals surface area contributed by atoms with Crippen LogP contribution >= 0.6 is 0 Å². The van der Waals surface area contributed by atoms with Gasteiger partial charge in [0.2, 0.25) is 6.29 Å². The van der Waals surface area contributed by atoms with E-state index in [2.05, 4.69) is 60.3 Å². The summed E-state index contributed by atoms with van der Waals surface area (Å²) in [4.78, 5) is 35.8. The second-order valence-electron chi connectivity index (χ2n) is 8.72. The number of unbranched alkanes of at least 4 members (excludes halogenated alkanes) is 1. The fourth-order valence-electron chi connectivity index (χ4n) is 3.40. The van der Waals surface area contributed by atoms with Crippen molar-refractivity contribution in [3.63, 3.8) is 0 Å². The zero-order valence-electron chi connectivity index (χ0n) is 23.4. The minimum Gasteiger partial charge on any atom is -0.425 e. The Kier molecular flexibility index (Phi) is 22.9. The van der Waals surface area contributed by atoms with E-state index >= 15 is 0 Å². The maximum atomic E-state index is 12.2. The van der Waals surface area contributed by atoms with Gasteiger partial charge in [-0.05, 0) is 57.8 Å². The molecule has 6 nitrogen and oxygen atoms in total. The molecule has 0 N–H and O–H groups in total. The van der Waals surface area contributed by atoms with Crippen LogP contribution in [0.15, 0.2) is 60.8 Å². The van der Waals surface area contributed by atoms with Crippen LogP contribution in [-0.2, 0) is 23.8 Å². The lowest BCUT2D eigenvalue weighted by Crippen LogP contribution is -2.27. The second kappa shape index (κ2) is 24.8. The van der Waals surface area contributed by atoms with Crippen LogP contribution in [0.2, 0.25) is 0 Å². The van der Waals surface area contributed by atoms with Crippen molar-refractivity contribution in [2.75, 3.05) is 0 Å². The average Bonchev–Trinajstić information content (AvgIpc) is 2.85. The van der Waals surface area contributed by atoms with Crippen molar-refractivity contribution in [3.05, 3.63) is 60.8 Å². The molecule has 0 bridgehead atoms. The normalized spacial score (nSPS) is 13.0. The molecule has 208 valence electrons. The Labute approximate surface area is 224 Å². The van der Waals surface area contributed by atoms with Crippen molar-refractivity contribution in [2.24, 2.45) is 5.92 Å². The molecule has 1 atom stereocenters. The van der Waals surface area contributed by atoms with Gasteiger partial charge in [-0.25, -0.2) is 4.79 Å². The van der Waals surface area contributed by atoms with Crippen LogP contribution in [0.1, 0.15) is 105 Å². The third-order valence-corrected chi connectivity index (χ3v) is 5.26. The number of allylic oxidation sites excluding steroid dienone is 10. The minimum atomic E-state index is -1.15. The van der Waals surface area contributed by atoms with E-state index in [4.69, 9.17) is 9.47 Å². The smallest absolute Gasteiger partial charge is 0.425 e. The third kappa shape index (κ3) is 22.1. The first-order valence-electron chi connectivity index (χ1n) is 13.8. The average molecular weight is 517 g/mol. The van der Waals surface area contributed by atoms with Gasteiger partial charge in [-0.15, -0.1) is 0 Å². The molecule has 0 rings (SSSR count). The van der Waals surface area contributed by atoms with Gasteiger partial charge in [0.1, 0.15) is 0 Å². The quantitative estimate of drug-likeness (QED) is 0.0529. The fourth-order valence-corrected chi connectivity index (χ4v) is 3.40. The molecule has 0 aromatic carbocycles. The van der Waals surface area contributed by atoms with E-state index in [1.807, 2.05) is 26.0 Å². The van der Waals surface area contributed by atoms with E-state index in [-0.39, 0.29) is 12.3 Å². The van der Waals surface area contributed by atoms with Gasteiger partial charge in [-0.3, -0.25) is 9.59 Å². The number of carbonyl (C=O) groups is 3. The molecule has 37 heavy (non-hydrogen) atoms. The maximum absolute atomic E-state index is 12.2. The van der Waals surface area contributed by atoms with Crippen LogP contribution in [0, 0.1) is 5.92 Å². The number of hydrogen-bond acceptors (Lipinski definition) is 6. The van der Waals surface area contributed by atoms with Crippen LogP contribution in [0.25, 0.3) is 0 Å². The van der Waals surface area contributed by atoms with Crippen molar-refractivity contribution in [2.45, 2.75) is 111 Å². The van der Waals surface area contributed by atoms with Crippen LogP contribution in [0.4, 0.5) is 4.79 Å². The lowest BCUT2D eigenvalue weighted by Gasteiger charge is -2.18. The summed E-state index contributed by atoms with van der Waals surface area (Å²) in [5, 5.41) is 0. The van der Waals surface area contributed by atoms with Crippen molar-refractivity contribution >= 4 is 18.1 Å². The minimum absolute atomic E-state index is 0.104. The van der Waals surface area contributed by atoms with Crippen LogP contribution in [0.3, 0.4) is 0 Å². The monoisotopic (exact) mass is 516 g/mol. The SMILES string of the molecule is CC/C=C\C/C=C\C/C=C\C/C=C\C/C=C\CCCC(=O)OC(=O)OC(C)OC(=O)C(CCC)CCC. The molecule has 0 amide bonds. The third-order valence-electron chi connectivity index (χ3n) is 5.26. The Morgan fingerprint density at radius 1 is 0.676 bits per heavy atom. The molecule has 0 aliphatic rings. The molecule has 0 saturated heterocycles. The zero-order valence-corrected chi connectivity index (χ0v) is 23.4. The molecule has 1 unspecified atom stereocenters. The van der Waals surface area contributed by atoms with E-state index in [0.717, 1.165) is 57.8 Å². The lowest BCUT2D eigenvalue weighted by atomic mass is 9.99. The van der Waals surface area contributed by atoms with Crippen molar-refractivity contribution in [3.8, 4) is 0 Å². The molecule has 0 aromatic heterocycles. The second-order valence-corrected chi connectivity index (χ2v) is 8.72. The summed E-state index contributed by atoms with van der Waals surface area (Å²) in [6, 6.07) is 0. The first-order chi connectivity index (χ1) is 17.9. The Balaban J connectivity index is 3.92. The zero-order chi connectivity index (χ0) is 27.6. The highest BCUT2D eigenvalue weighted by atomic mass is 16.8. The topological polar surface area (TPSA) is 78.9 Å². The Morgan fingerprint density at radius 2 is 1.16 bits per heavy atom. The Bertz CT molecular complexity index is 754. The summed E-state index contributed by atoms with van der Waals surface area (Å²) < 4.78 is 14.7. The summed E-state index contributed by atoms with van der Waals surface area (Å²) in [7, 11) is 0. The van der Waals surface area contributed by atoms with Gasteiger partial charge in [-0.1, -0.05) is 94.4 Å².